The molecular formula is C13H19N3OS. The van der Waals surface area contributed by atoms with E-state index in [1.165, 1.54) is 11.1 Å². The van der Waals surface area contributed by atoms with E-state index in [0.717, 1.165) is 35.8 Å². The molecule has 0 amide bonds. The Kier molecular flexibility index (Phi) is 3.80. The summed E-state index contributed by atoms with van der Waals surface area (Å²) in [6.07, 6.45) is 4.49. The molecule has 0 saturated heterocycles. The van der Waals surface area contributed by atoms with E-state index >= 15 is 0 Å². The molecule has 0 fully saturated rings. The summed E-state index contributed by atoms with van der Waals surface area (Å²) in [5.74, 6) is 1.74. The maximum Gasteiger partial charge on any atom is 0.107 e. The number of nitrogens with zero attached hydrogens (tertiary/aromatic N) is 3. The van der Waals surface area contributed by atoms with Crippen molar-refractivity contribution < 1.29 is 4.21 Å². The van der Waals surface area contributed by atoms with Crippen LogP contribution >= 0.6 is 0 Å². The summed E-state index contributed by atoms with van der Waals surface area (Å²) in [6, 6.07) is 0. The topological polar surface area (TPSA) is 47.8 Å². The summed E-state index contributed by atoms with van der Waals surface area (Å²) in [7, 11) is -0.723. The predicted molar refractivity (Wildman–Crippen MR) is 75.3 cm³/mol. The molecular weight excluding hydrogens is 246 g/mol. The van der Waals surface area contributed by atoms with Crippen LogP contribution < -0.4 is 0 Å². The van der Waals surface area contributed by atoms with E-state index in [9.17, 15) is 4.21 Å². The zero-order chi connectivity index (χ0) is 13.3. The molecule has 0 saturated carbocycles. The fourth-order valence-electron chi connectivity index (χ4n) is 2.20. The average molecular weight is 265 g/mol. The Morgan fingerprint density at radius 3 is 2.72 bits per heavy atom. The van der Waals surface area contributed by atoms with E-state index in [4.69, 9.17) is 0 Å². The Bertz CT molecular complexity index is 604. The van der Waals surface area contributed by atoms with Gasteiger partial charge < -0.3 is 4.57 Å². The lowest BCUT2D eigenvalue weighted by Crippen LogP contribution is -2.06. The Morgan fingerprint density at radius 1 is 1.33 bits per heavy atom. The van der Waals surface area contributed by atoms with Crippen molar-refractivity contribution >= 4 is 21.8 Å². The van der Waals surface area contributed by atoms with Crippen molar-refractivity contribution in [2.24, 2.45) is 0 Å². The highest BCUT2D eigenvalue weighted by atomic mass is 32.2. The van der Waals surface area contributed by atoms with Crippen molar-refractivity contribution in [3.8, 4) is 0 Å². The van der Waals surface area contributed by atoms with Crippen LogP contribution in [-0.2, 0) is 17.3 Å². The molecule has 5 heteroatoms. The second kappa shape index (κ2) is 5.18. The highest BCUT2D eigenvalue weighted by Crippen LogP contribution is 2.21. The third-order valence-corrected chi connectivity index (χ3v) is 4.14. The standard InChI is InChI=1S/C13H19N3OS/c1-9-10(2)14-8-12-13(9)16(11(3)15-12)6-5-7-18(4)17/h8H,5-7H2,1-4H3. The summed E-state index contributed by atoms with van der Waals surface area (Å²) < 4.78 is 13.3. The lowest BCUT2D eigenvalue weighted by atomic mass is 10.2. The van der Waals surface area contributed by atoms with Crippen molar-refractivity contribution in [2.75, 3.05) is 12.0 Å². The van der Waals surface area contributed by atoms with E-state index in [1.807, 2.05) is 20.0 Å². The first-order chi connectivity index (χ1) is 8.50. The number of imidazole rings is 1. The second-order valence-corrected chi connectivity index (χ2v) is 6.20. The molecule has 0 spiro atoms. The van der Waals surface area contributed by atoms with Gasteiger partial charge >= 0.3 is 0 Å². The maximum absolute atomic E-state index is 11.1. The highest BCUT2D eigenvalue weighted by Gasteiger charge is 2.11. The smallest absolute Gasteiger partial charge is 0.107 e. The Hall–Kier alpha value is -1.23. The van der Waals surface area contributed by atoms with Crippen molar-refractivity contribution in [3.63, 3.8) is 0 Å². The maximum atomic E-state index is 11.1. The monoisotopic (exact) mass is 265 g/mol. The van der Waals surface area contributed by atoms with Gasteiger partial charge in [-0.2, -0.15) is 0 Å². The molecule has 0 radical (unpaired) electrons. The largest absolute Gasteiger partial charge is 0.328 e. The number of hydrogen-bond acceptors (Lipinski definition) is 3. The first kappa shape index (κ1) is 13.2. The molecule has 18 heavy (non-hydrogen) atoms. The van der Waals surface area contributed by atoms with E-state index < -0.39 is 10.8 Å². The SMILES string of the molecule is Cc1ncc2nc(C)n(CCCS(C)=O)c2c1C. The van der Waals surface area contributed by atoms with Gasteiger partial charge in [-0.15, -0.1) is 0 Å². The summed E-state index contributed by atoms with van der Waals surface area (Å²) in [6.45, 7) is 6.98. The van der Waals surface area contributed by atoms with Gasteiger partial charge in [0.15, 0.2) is 0 Å². The van der Waals surface area contributed by atoms with E-state index in [0.29, 0.717) is 0 Å². The van der Waals surface area contributed by atoms with Gasteiger partial charge in [0.25, 0.3) is 0 Å². The number of pyridine rings is 1. The van der Waals surface area contributed by atoms with Crippen molar-refractivity contribution in [2.45, 2.75) is 33.7 Å². The van der Waals surface area contributed by atoms with Gasteiger partial charge in [0.1, 0.15) is 11.3 Å². The Labute approximate surface area is 110 Å². The third kappa shape index (κ3) is 2.46. The highest BCUT2D eigenvalue weighted by molar-refractivity contribution is 7.84. The summed E-state index contributed by atoms with van der Waals surface area (Å²) >= 11 is 0. The molecule has 0 aliphatic heterocycles. The molecule has 0 aliphatic carbocycles. The Morgan fingerprint density at radius 2 is 2.06 bits per heavy atom. The molecule has 98 valence electrons. The summed E-state index contributed by atoms with van der Waals surface area (Å²) in [5.41, 5.74) is 4.35. The molecule has 2 aromatic heterocycles. The normalized spacial score (nSPS) is 13.1. The van der Waals surface area contributed by atoms with Crippen LogP contribution in [0.4, 0.5) is 0 Å². The van der Waals surface area contributed by atoms with E-state index in [1.54, 1.807) is 6.26 Å². The zero-order valence-electron chi connectivity index (χ0n) is 11.4. The van der Waals surface area contributed by atoms with Crippen LogP contribution in [-0.4, -0.2) is 30.8 Å². The Balaban J connectivity index is 2.39. The zero-order valence-corrected chi connectivity index (χ0v) is 12.2. The van der Waals surface area contributed by atoms with Gasteiger partial charge in [0.2, 0.25) is 0 Å². The van der Waals surface area contributed by atoms with Gasteiger partial charge in [-0.25, -0.2) is 4.98 Å². The molecule has 1 atom stereocenters. The van der Waals surface area contributed by atoms with Crippen LogP contribution in [0.25, 0.3) is 11.0 Å². The molecule has 4 nitrogen and oxygen atoms in total. The quantitative estimate of drug-likeness (QED) is 0.851. The molecule has 0 aliphatic rings. The van der Waals surface area contributed by atoms with Crippen LogP contribution in [0.2, 0.25) is 0 Å². The van der Waals surface area contributed by atoms with Gasteiger partial charge in [0.05, 0.1) is 11.7 Å². The lowest BCUT2D eigenvalue weighted by Gasteiger charge is -2.08. The predicted octanol–water partition coefficient (Wildman–Crippen LogP) is 2.13. The van der Waals surface area contributed by atoms with E-state index in [-0.39, 0.29) is 0 Å². The van der Waals surface area contributed by atoms with Crippen molar-refractivity contribution in [3.05, 3.63) is 23.3 Å². The van der Waals surface area contributed by atoms with Gasteiger partial charge in [-0.05, 0) is 32.8 Å². The van der Waals surface area contributed by atoms with Crippen molar-refractivity contribution in [1.82, 2.24) is 14.5 Å². The number of fused-ring (bicyclic) bond motifs is 1. The minimum absolute atomic E-state index is 0.723. The molecule has 0 N–H and O–H groups in total. The minimum atomic E-state index is -0.723. The third-order valence-electron chi connectivity index (χ3n) is 3.28. The number of rotatable bonds is 4. The number of aromatic nitrogens is 3. The lowest BCUT2D eigenvalue weighted by molar-refractivity contribution is 0.658. The molecule has 0 bridgehead atoms. The van der Waals surface area contributed by atoms with Crippen LogP contribution in [0.15, 0.2) is 6.20 Å². The minimum Gasteiger partial charge on any atom is -0.328 e. The van der Waals surface area contributed by atoms with Crippen molar-refractivity contribution in [1.29, 1.82) is 0 Å². The van der Waals surface area contributed by atoms with Crippen LogP contribution in [0, 0.1) is 20.8 Å². The van der Waals surface area contributed by atoms with Crippen LogP contribution in [0.3, 0.4) is 0 Å². The molecule has 2 rings (SSSR count). The van der Waals surface area contributed by atoms with Gasteiger partial charge in [-0.3, -0.25) is 9.19 Å². The van der Waals surface area contributed by atoms with Crippen LogP contribution in [0.1, 0.15) is 23.5 Å². The first-order valence-electron chi connectivity index (χ1n) is 6.09. The first-order valence-corrected chi connectivity index (χ1v) is 7.82. The summed E-state index contributed by atoms with van der Waals surface area (Å²) in [5, 5.41) is 0. The average Bonchev–Trinajstić information content (AvgIpc) is 2.61. The molecule has 0 aromatic carbocycles. The molecule has 2 aromatic rings. The number of aryl methyl sites for hydroxylation is 4. The molecule has 1 unspecified atom stereocenters. The second-order valence-electron chi connectivity index (χ2n) is 4.64. The van der Waals surface area contributed by atoms with Crippen LogP contribution in [0.5, 0.6) is 0 Å². The molecule has 2 heterocycles. The number of hydrogen-bond donors (Lipinski definition) is 0. The summed E-state index contributed by atoms with van der Waals surface area (Å²) in [4.78, 5) is 8.88. The van der Waals surface area contributed by atoms with Gasteiger partial charge in [0, 0.05) is 35.0 Å². The van der Waals surface area contributed by atoms with Gasteiger partial charge in [-0.1, -0.05) is 0 Å². The van der Waals surface area contributed by atoms with E-state index in [2.05, 4.69) is 21.5 Å². The fraction of sp³-hybridized carbons (Fsp3) is 0.538. The fourth-order valence-corrected chi connectivity index (χ4v) is 2.73.